The molecule has 2 heteroatoms. The fourth-order valence-corrected chi connectivity index (χ4v) is 5.36. The topological polar surface area (TPSA) is 29.3 Å². The van der Waals surface area contributed by atoms with Gasteiger partial charge in [0.1, 0.15) is 0 Å². The van der Waals surface area contributed by atoms with Crippen LogP contribution in [0, 0.1) is 16.7 Å². The largest absolute Gasteiger partial charge is 0.328 e. The molecule has 2 N–H and O–H groups in total. The number of piperidine rings is 1. The molecule has 1 aliphatic heterocycles. The summed E-state index contributed by atoms with van der Waals surface area (Å²) in [6.07, 6.45) is 6.79. The molecule has 0 aromatic rings. The average molecular weight is 236 g/mol. The SMILES string of the molecule is CC12CCC(C1)C(C)(C)C2N1CCC(N)CC1. The molecular weight excluding hydrogens is 208 g/mol. The molecule has 1 saturated heterocycles. The maximum atomic E-state index is 6.05. The summed E-state index contributed by atoms with van der Waals surface area (Å²) in [5, 5.41) is 0. The Morgan fingerprint density at radius 2 is 1.71 bits per heavy atom. The summed E-state index contributed by atoms with van der Waals surface area (Å²) >= 11 is 0. The molecule has 17 heavy (non-hydrogen) atoms. The minimum absolute atomic E-state index is 0.459. The number of nitrogens with zero attached hydrogens (tertiary/aromatic N) is 1. The van der Waals surface area contributed by atoms with Crippen LogP contribution in [0.15, 0.2) is 0 Å². The summed E-state index contributed by atoms with van der Waals surface area (Å²) in [5.74, 6) is 0.966. The monoisotopic (exact) mass is 236 g/mol. The first-order valence-corrected chi connectivity index (χ1v) is 7.43. The van der Waals surface area contributed by atoms with E-state index in [2.05, 4.69) is 25.7 Å². The second kappa shape index (κ2) is 3.71. The number of fused-ring (bicyclic) bond motifs is 2. The third-order valence-electron chi connectivity index (χ3n) is 6.13. The molecular formula is C15H28N2. The van der Waals surface area contributed by atoms with Gasteiger partial charge in [0.15, 0.2) is 0 Å². The molecule has 0 aromatic carbocycles. The van der Waals surface area contributed by atoms with Crippen LogP contribution in [0.2, 0.25) is 0 Å². The first-order chi connectivity index (χ1) is 7.93. The van der Waals surface area contributed by atoms with Gasteiger partial charge < -0.3 is 5.73 Å². The van der Waals surface area contributed by atoms with Crippen molar-refractivity contribution in [1.82, 2.24) is 4.90 Å². The smallest absolute Gasteiger partial charge is 0.0203 e. The molecule has 0 radical (unpaired) electrons. The summed E-state index contributed by atoms with van der Waals surface area (Å²) in [4.78, 5) is 2.78. The maximum absolute atomic E-state index is 6.05. The number of hydrogen-bond donors (Lipinski definition) is 1. The van der Waals surface area contributed by atoms with Crippen molar-refractivity contribution in [2.75, 3.05) is 13.1 Å². The van der Waals surface area contributed by atoms with Crippen molar-refractivity contribution in [3.63, 3.8) is 0 Å². The second-order valence-electron chi connectivity index (χ2n) is 7.69. The van der Waals surface area contributed by atoms with Crippen molar-refractivity contribution in [2.24, 2.45) is 22.5 Å². The second-order valence-corrected chi connectivity index (χ2v) is 7.69. The lowest BCUT2D eigenvalue weighted by Crippen LogP contribution is -2.55. The molecule has 3 rings (SSSR count). The Bertz CT molecular complexity index is 299. The van der Waals surface area contributed by atoms with Gasteiger partial charge in [-0.2, -0.15) is 0 Å². The standard InChI is InChI=1S/C15H28N2/c1-14(2)11-4-7-15(3,10-11)13(14)17-8-5-12(16)6-9-17/h11-13H,4-10,16H2,1-3H3. The molecule has 3 atom stereocenters. The van der Waals surface area contributed by atoms with E-state index in [1.165, 1.54) is 45.2 Å². The van der Waals surface area contributed by atoms with Gasteiger partial charge in [-0.3, -0.25) is 4.90 Å². The summed E-state index contributed by atoms with van der Waals surface area (Å²) in [5.41, 5.74) is 7.16. The van der Waals surface area contributed by atoms with Crippen LogP contribution < -0.4 is 5.73 Å². The van der Waals surface area contributed by atoms with Gasteiger partial charge in [-0.15, -0.1) is 0 Å². The molecule has 2 saturated carbocycles. The predicted molar refractivity (Wildman–Crippen MR) is 71.8 cm³/mol. The lowest BCUT2D eigenvalue weighted by Gasteiger charge is -2.50. The highest BCUT2D eigenvalue weighted by atomic mass is 15.2. The third kappa shape index (κ3) is 1.67. The molecule has 3 aliphatic rings. The van der Waals surface area contributed by atoms with E-state index < -0.39 is 0 Å². The van der Waals surface area contributed by atoms with Crippen molar-refractivity contribution in [3.8, 4) is 0 Å². The van der Waals surface area contributed by atoms with Gasteiger partial charge in [0.05, 0.1) is 0 Å². The molecule has 3 unspecified atom stereocenters. The molecule has 1 heterocycles. The van der Waals surface area contributed by atoms with Crippen LogP contribution in [0.3, 0.4) is 0 Å². The van der Waals surface area contributed by atoms with Gasteiger partial charge in [0.25, 0.3) is 0 Å². The van der Waals surface area contributed by atoms with Crippen molar-refractivity contribution >= 4 is 0 Å². The predicted octanol–water partition coefficient (Wildman–Crippen LogP) is 2.62. The van der Waals surface area contributed by atoms with Gasteiger partial charge in [-0.1, -0.05) is 20.8 Å². The fourth-order valence-electron chi connectivity index (χ4n) is 5.36. The Kier molecular flexibility index (Phi) is 2.61. The Morgan fingerprint density at radius 1 is 1.06 bits per heavy atom. The van der Waals surface area contributed by atoms with E-state index in [-0.39, 0.29) is 0 Å². The van der Waals surface area contributed by atoms with E-state index in [0.717, 1.165) is 12.0 Å². The highest BCUT2D eigenvalue weighted by Crippen LogP contribution is 2.64. The minimum Gasteiger partial charge on any atom is -0.328 e. The van der Waals surface area contributed by atoms with E-state index in [0.29, 0.717) is 16.9 Å². The summed E-state index contributed by atoms with van der Waals surface area (Å²) in [6.45, 7) is 10.0. The van der Waals surface area contributed by atoms with E-state index in [1.54, 1.807) is 0 Å². The highest BCUT2D eigenvalue weighted by Gasteiger charge is 2.60. The first kappa shape index (κ1) is 12.0. The molecule has 3 fully saturated rings. The quantitative estimate of drug-likeness (QED) is 0.758. The van der Waals surface area contributed by atoms with Crippen molar-refractivity contribution in [2.45, 2.75) is 65.0 Å². The van der Waals surface area contributed by atoms with Crippen LogP contribution in [0.25, 0.3) is 0 Å². The van der Waals surface area contributed by atoms with Crippen molar-refractivity contribution < 1.29 is 0 Å². The maximum Gasteiger partial charge on any atom is 0.0203 e. The Balaban J connectivity index is 1.82. The van der Waals surface area contributed by atoms with Gasteiger partial charge in [-0.05, 0) is 61.9 Å². The van der Waals surface area contributed by atoms with Crippen LogP contribution in [-0.2, 0) is 0 Å². The number of nitrogens with two attached hydrogens (primary N) is 1. The zero-order chi connectivity index (χ0) is 12.3. The molecule has 0 aromatic heterocycles. The molecule has 98 valence electrons. The summed E-state index contributed by atoms with van der Waals surface area (Å²) in [6, 6.07) is 1.27. The lowest BCUT2D eigenvalue weighted by atomic mass is 9.67. The minimum atomic E-state index is 0.459. The van der Waals surface area contributed by atoms with Gasteiger partial charge in [-0.25, -0.2) is 0 Å². The Hall–Kier alpha value is -0.0800. The Morgan fingerprint density at radius 3 is 2.24 bits per heavy atom. The van der Waals surface area contributed by atoms with Crippen molar-refractivity contribution in [3.05, 3.63) is 0 Å². The average Bonchev–Trinajstić information content (AvgIpc) is 2.72. The molecule has 2 bridgehead atoms. The van der Waals surface area contributed by atoms with Crippen LogP contribution in [-0.4, -0.2) is 30.1 Å². The molecule has 2 nitrogen and oxygen atoms in total. The van der Waals surface area contributed by atoms with Crippen LogP contribution in [0.5, 0.6) is 0 Å². The van der Waals surface area contributed by atoms with E-state index in [1.807, 2.05) is 0 Å². The van der Waals surface area contributed by atoms with Gasteiger partial charge >= 0.3 is 0 Å². The van der Waals surface area contributed by atoms with Crippen LogP contribution in [0.1, 0.15) is 52.9 Å². The lowest BCUT2D eigenvalue weighted by molar-refractivity contribution is -0.00885. The number of likely N-dealkylation sites (tertiary alicyclic amines) is 1. The molecule has 0 spiro atoms. The molecule has 2 aliphatic carbocycles. The van der Waals surface area contributed by atoms with Gasteiger partial charge in [0.2, 0.25) is 0 Å². The van der Waals surface area contributed by atoms with E-state index in [9.17, 15) is 0 Å². The Labute approximate surface area is 106 Å². The normalized spacial score (nSPS) is 46.6. The van der Waals surface area contributed by atoms with E-state index >= 15 is 0 Å². The van der Waals surface area contributed by atoms with Gasteiger partial charge in [0, 0.05) is 12.1 Å². The fraction of sp³-hybridized carbons (Fsp3) is 1.00. The first-order valence-electron chi connectivity index (χ1n) is 7.43. The third-order valence-corrected chi connectivity index (χ3v) is 6.13. The zero-order valence-electron chi connectivity index (χ0n) is 11.7. The summed E-state index contributed by atoms with van der Waals surface area (Å²) < 4.78 is 0. The van der Waals surface area contributed by atoms with Crippen LogP contribution >= 0.6 is 0 Å². The van der Waals surface area contributed by atoms with Crippen molar-refractivity contribution in [1.29, 1.82) is 0 Å². The summed E-state index contributed by atoms with van der Waals surface area (Å²) in [7, 11) is 0. The highest BCUT2D eigenvalue weighted by molar-refractivity contribution is 5.13. The zero-order valence-corrected chi connectivity index (χ0v) is 11.7. The molecule has 0 amide bonds. The van der Waals surface area contributed by atoms with Crippen LogP contribution in [0.4, 0.5) is 0 Å². The number of rotatable bonds is 1. The van der Waals surface area contributed by atoms with E-state index in [4.69, 9.17) is 5.73 Å². The number of hydrogen-bond acceptors (Lipinski definition) is 2.